The van der Waals surface area contributed by atoms with E-state index < -0.39 is 130 Å². The number of rotatable bonds is 50. The molecule has 0 spiro atoms. The summed E-state index contributed by atoms with van der Waals surface area (Å²) in [5, 5.41) is 118. The number of carbonyl (C=O) groups excluding carboxylic acids is 3. The van der Waals surface area contributed by atoms with Crippen LogP contribution in [-0.2, 0) is 42.8 Å². The highest BCUT2D eigenvalue weighted by Gasteiger charge is 2.52. The summed E-state index contributed by atoms with van der Waals surface area (Å²) in [7, 11) is 0. The fourth-order valence-corrected chi connectivity index (χ4v) is 10.3. The molecule has 2 heterocycles. The molecule has 0 bridgehead atoms. The van der Waals surface area contributed by atoms with Crippen LogP contribution in [0.4, 0.5) is 0 Å². The van der Waals surface area contributed by atoms with Crippen LogP contribution in [-0.4, -0.2) is 199 Å². The third-order valence-corrected chi connectivity index (χ3v) is 15.5. The number of carbonyl (C=O) groups is 3. The van der Waals surface area contributed by atoms with Crippen LogP contribution in [0.2, 0.25) is 0 Å². The van der Waals surface area contributed by atoms with Crippen molar-refractivity contribution in [2.24, 2.45) is 0 Å². The molecule has 0 aliphatic carbocycles. The van der Waals surface area contributed by atoms with Crippen LogP contribution in [0.15, 0.2) is 0 Å². The number of aliphatic hydroxyl groups excluding tert-OH is 11. The topological polar surface area (TPSA) is 341 Å². The second-order valence-electron chi connectivity index (χ2n) is 22.4. The van der Waals surface area contributed by atoms with Gasteiger partial charge in [-0.3, -0.25) is 9.59 Å². The lowest BCUT2D eigenvalue weighted by Gasteiger charge is -2.46. The lowest BCUT2D eigenvalue weighted by atomic mass is 9.96. The molecule has 2 saturated heterocycles. The van der Waals surface area contributed by atoms with Crippen LogP contribution in [0, 0.1) is 0 Å². The molecule has 0 radical (unpaired) electrons. The van der Waals surface area contributed by atoms with Gasteiger partial charge in [0.05, 0.1) is 33.0 Å². The molecule has 472 valence electrons. The van der Waals surface area contributed by atoms with E-state index in [1.807, 2.05) is 0 Å². The zero-order chi connectivity index (χ0) is 58.9. The third kappa shape index (κ3) is 30.1. The van der Waals surface area contributed by atoms with E-state index in [1.54, 1.807) is 0 Å². The lowest BCUT2D eigenvalue weighted by molar-refractivity contribution is -0.367. The first-order valence-corrected chi connectivity index (χ1v) is 31.2. The molecule has 0 aromatic rings. The van der Waals surface area contributed by atoms with Crippen LogP contribution in [0.3, 0.4) is 0 Å². The Bertz CT molecular complexity index is 1530. The van der Waals surface area contributed by atoms with Gasteiger partial charge in [0, 0.05) is 6.42 Å². The Kier molecular flexibility index (Phi) is 42.6. The third-order valence-electron chi connectivity index (χ3n) is 15.5. The summed E-state index contributed by atoms with van der Waals surface area (Å²) in [6.45, 7) is 1.77. The predicted molar refractivity (Wildman–Crippen MR) is 299 cm³/mol. The second-order valence-corrected chi connectivity index (χ2v) is 22.4. The number of hydrogen-bond acceptors (Lipinski definition) is 20. The summed E-state index contributed by atoms with van der Waals surface area (Å²) >= 11 is 0. The maximum atomic E-state index is 13.6. The number of esters is 2. The van der Waals surface area contributed by atoms with Crippen molar-refractivity contribution in [3.63, 3.8) is 0 Å². The standard InChI is InChI=1S/C59H111NO20/c1-3-5-7-9-11-13-15-17-19-21-23-25-27-29-31-33-37-75-46(65)36-35-42(57(74)76-38-34-32-30-28-26-24-22-20-18-16-14-12-10-8-6-4-2)60-56(73)51(70)49(68)54(43(64)39-61)79-59-53(72)50(69)55(45(41-63)78-59)80-58-52(71)48(67)47(66)44(40-62)77-58/h42-45,47-55,58-59,61-64,66-72H,3-41H2,1-2H3,(H,60,73)/t42-,43+,44+,45+,47+,48-,49+,50+,51+,52+,53+,54+,55+,58+,59+/m0/s1. The first kappa shape index (κ1) is 73.9. The van der Waals surface area contributed by atoms with E-state index in [9.17, 15) is 70.6 Å². The molecule has 0 unspecified atom stereocenters. The van der Waals surface area contributed by atoms with Crippen molar-refractivity contribution in [2.75, 3.05) is 33.0 Å². The Morgan fingerprint density at radius 3 is 1.31 bits per heavy atom. The first-order chi connectivity index (χ1) is 38.7. The molecule has 0 saturated carbocycles. The van der Waals surface area contributed by atoms with Gasteiger partial charge in [-0.1, -0.05) is 206 Å². The molecule has 15 atom stereocenters. The molecule has 80 heavy (non-hydrogen) atoms. The largest absolute Gasteiger partial charge is 0.466 e. The van der Waals surface area contributed by atoms with E-state index in [0.29, 0.717) is 12.8 Å². The Balaban J connectivity index is 1.95. The van der Waals surface area contributed by atoms with Gasteiger partial charge in [-0.2, -0.15) is 0 Å². The zero-order valence-corrected chi connectivity index (χ0v) is 48.8. The van der Waals surface area contributed by atoms with Gasteiger partial charge in [0.2, 0.25) is 0 Å². The zero-order valence-electron chi connectivity index (χ0n) is 48.8. The summed E-state index contributed by atoms with van der Waals surface area (Å²) in [6, 6.07) is -1.50. The van der Waals surface area contributed by atoms with Crippen LogP contribution >= 0.6 is 0 Å². The van der Waals surface area contributed by atoms with E-state index in [1.165, 1.54) is 148 Å². The summed E-state index contributed by atoms with van der Waals surface area (Å²) in [6.07, 6.45) is 9.64. The molecular formula is C59H111NO20. The number of unbranched alkanes of at least 4 members (excludes halogenated alkanes) is 30. The smallest absolute Gasteiger partial charge is 0.328 e. The van der Waals surface area contributed by atoms with Gasteiger partial charge in [0.1, 0.15) is 73.2 Å². The monoisotopic (exact) mass is 1150 g/mol. The fourth-order valence-electron chi connectivity index (χ4n) is 10.3. The van der Waals surface area contributed by atoms with Crippen LogP contribution in [0.5, 0.6) is 0 Å². The van der Waals surface area contributed by atoms with E-state index in [4.69, 9.17) is 28.4 Å². The highest BCUT2D eigenvalue weighted by atomic mass is 16.7. The Morgan fingerprint density at radius 1 is 0.487 bits per heavy atom. The van der Waals surface area contributed by atoms with Gasteiger partial charge >= 0.3 is 11.9 Å². The number of nitrogens with one attached hydrogen (secondary N) is 1. The molecule has 1 amide bonds. The molecule has 21 heteroatoms. The highest BCUT2D eigenvalue weighted by molar-refractivity contribution is 5.87. The summed E-state index contributed by atoms with van der Waals surface area (Å²) in [4.78, 5) is 40.0. The van der Waals surface area contributed by atoms with E-state index >= 15 is 0 Å². The lowest BCUT2D eigenvalue weighted by Crippen LogP contribution is -2.65. The molecule has 12 N–H and O–H groups in total. The number of hydrogen-bond donors (Lipinski definition) is 12. The van der Waals surface area contributed by atoms with Crippen molar-refractivity contribution >= 4 is 17.8 Å². The maximum absolute atomic E-state index is 13.6. The molecule has 2 fully saturated rings. The minimum absolute atomic E-state index is 0.0238. The van der Waals surface area contributed by atoms with E-state index in [2.05, 4.69) is 19.2 Å². The predicted octanol–water partition coefficient (Wildman–Crippen LogP) is 4.95. The van der Waals surface area contributed by atoms with E-state index in [0.717, 1.165) is 44.9 Å². The maximum Gasteiger partial charge on any atom is 0.328 e. The van der Waals surface area contributed by atoms with Crippen molar-refractivity contribution in [2.45, 2.75) is 324 Å². The van der Waals surface area contributed by atoms with Gasteiger partial charge in [-0.25, -0.2) is 4.79 Å². The Morgan fingerprint density at radius 2 is 0.887 bits per heavy atom. The molecule has 2 rings (SSSR count). The van der Waals surface area contributed by atoms with Crippen LogP contribution in [0.25, 0.3) is 0 Å². The number of ether oxygens (including phenoxy) is 6. The van der Waals surface area contributed by atoms with Crippen molar-refractivity contribution in [3.05, 3.63) is 0 Å². The SMILES string of the molecule is CCCCCCCCCCCCCCCCCCOC(=O)CC[C@H](NC(=O)[C@H](O)[C@@H](O)[C@H](O[C@H]1O[C@H](CO)[C@@H](O[C@H]2O[C@H](CO)[C@@H](O)[C@H](O)[C@H]2O)[C@H](O)[C@H]1O)[C@H](O)CO)C(=O)OCCCCCCCCCCCCCCCCCC. The fraction of sp³-hybridized carbons (Fsp3) is 0.949. The second kappa shape index (κ2) is 46.1. The molecule has 0 aromatic carbocycles. The van der Waals surface area contributed by atoms with E-state index in [-0.39, 0.29) is 26.1 Å². The minimum Gasteiger partial charge on any atom is -0.466 e. The van der Waals surface area contributed by atoms with Crippen molar-refractivity contribution in [1.82, 2.24) is 5.32 Å². The van der Waals surface area contributed by atoms with Gasteiger partial charge in [0.15, 0.2) is 18.7 Å². The van der Waals surface area contributed by atoms with Gasteiger partial charge in [-0.05, 0) is 19.3 Å². The summed E-state index contributed by atoms with van der Waals surface area (Å²) in [5.74, 6) is -2.89. The van der Waals surface area contributed by atoms with Gasteiger partial charge < -0.3 is 89.9 Å². The Hall–Kier alpha value is -2.19. The minimum atomic E-state index is -2.50. The molecular weight excluding hydrogens is 1040 g/mol. The van der Waals surface area contributed by atoms with Crippen LogP contribution < -0.4 is 5.32 Å². The van der Waals surface area contributed by atoms with Gasteiger partial charge in [-0.15, -0.1) is 0 Å². The number of amides is 1. The average Bonchev–Trinajstić information content (AvgIpc) is 3.50. The molecule has 21 nitrogen and oxygen atoms in total. The van der Waals surface area contributed by atoms with Crippen LogP contribution in [0.1, 0.15) is 232 Å². The molecule has 2 aliphatic rings. The first-order valence-electron chi connectivity index (χ1n) is 31.2. The van der Waals surface area contributed by atoms with Crippen molar-refractivity contribution in [3.8, 4) is 0 Å². The van der Waals surface area contributed by atoms with Crippen molar-refractivity contribution in [1.29, 1.82) is 0 Å². The molecule has 0 aromatic heterocycles. The molecule has 2 aliphatic heterocycles. The Labute approximate surface area is 477 Å². The quantitative estimate of drug-likeness (QED) is 0.0283. The van der Waals surface area contributed by atoms with Crippen molar-refractivity contribution < 1.29 is 99.0 Å². The number of aliphatic hydroxyl groups is 11. The normalized spacial score (nSPS) is 25.2. The summed E-state index contributed by atoms with van der Waals surface area (Å²) in [5.41, 5.74) is 0. The highest BCUT2D eigenvalue weighted by Crippen LogP contribution is 2.31. The van der Waals surface area contributed by atoms with Gasteiger partial charge in [0.25, 0.3) is 5.91 Å². The summed E-state index contributed by atoms with van der Waals surface area (Å²) < 4.78 is 33.0. The average molecular weight is 1150 g/mol.